The Morgan fingerprint density at radius 2 is 1.40 bits per heavy atom. The van der Waals surface area contributed by atoms with Crippen LogP contribution in [0.2, 0.25) is 0 Å². The van der Waals surface area contributed by atoms with E-state index in [1.165, 1.54) is 5.69 Å². The van der Waals surface area contributed by atoms with Gasteiger partial charge in [0.15, 0.2) is 0 Å². The van der Waals surface area contributed by atoms with Crippen molar-refractivity contribution in [3.05, 3.63) is 30.3 Å². The van der Waals surface area contributed by atoms with Crippen molar-refractivity contribution in [1.82, 2.24) is 4.90 Å². The van der Waals surface area contributed by atoms with Crippen LogP contribution in [0.5, 0.6) is 0 Å². The average molecular weight is 208 g/mol. The average Bonchev–Trinajstić information content (AvgIpc) is 2.30. The van der Waals surface area contributed by atoms with Crippen molar-refractivity contribution in [2.45, 2.75) is 13.8 Å². The molecule has 1 aromatic rings. The van der Waals surface area contributed by atoms with Crippen molar-refractivity contribution in [2.75, 3.05) is 39.1 Å². The summed E-state index contributed by atoms with van der Waals surface area (Å²) >= 11 is 0. The van der Waals surface area contributed by atoms with Crippen LogP contribution >= 0.6 is 0 Å². The molecule has 2 nitrogen and oxygen atoms in total. The maximum Gasteiger partial charge on any atom is 0.0364 e. The predicted octanol–water partition coefficient (Wildman–Crippen LogP) is 2.71. The Morgan fingerprint density at radius 1 is 0.867 bits per heavy atom. The molecule has 0 aromatic heterocycles. The van der Waals surface area contributed by atoms with Crippen LogP contribution in [0, 0.1) is 0 Å². The van der Waals surface area contributed by atoms with Gasteiger partial charge in [-0.2, -0.15) is 0 Å². The van der Waals surface area contributed by atoms with E-state index in [2.05, 4.69) is 55.2 Å². The summed E-state index contributed by atoms with van der Waals surface area (Å²) < 4.78 is 0. The molecular weight excluding hydrogens is 184 g/mol. The Kier molecular flexibility index (Phi) is 7.74. The third kappa shape index (κ3) is 6.13. The van der Waals surface area contributed by atoms with Gasteiger partial charge in [-0.05, 0) is 26.2 Å². The van der Waals surface area contributed by atoms with Gasteiger partial charge in [0.1, 0.15) is 0 Å². The zero-order valence-corrected chi connectivity index (χ0v) is 10.7. The molecule has 0 bridgehead atoms. The van der Waals surface area contributed by atoms with Crippen molar-refractivity contribution in [1.29, 1.82) is 0 Å². The van der Waals surface area contributed by atoms with Gasteiger partial charge in [0.25, 0.3) is 0 Å². The minimum Gasteiger partial charge on any atom is -0.373 e. The predicted molar refractivity (Wildman–Crippen MR) is 69.6 cm³/mol. The third-order valence-corrected chi connectivity index (χ3v) is 2.08. The number of anilines is 1. The van der Waals surface area contributed by atoms with Crippen molar-refractivity contribution in [3.63, 3.8) is 0 Å². The summed E-state index contributed by atoms with van der Waals surface area (Å²) in [6.45, 7) is 6.16. The molecule has 86 valence electrons. The van der Waals surface area contributed by atoms with Crippen molar-refractivity contribution in [3.8, 4) is 0 Å². The molecule has 0 N–H and O–H groups in total. The lowest BCUT2D eigenvalue weighted by Crippen LogP contribution is -2.28. The molecule has 0 aliphatic rings. The highest BCUT2D eigenvalue weighted by Gasteiger charge is 1.98. The fourth-order valence-electron chi connectivity index (χ4n) is 1.16. The molecule has 0 saturated carbocycles. The van der Waals surface area contributed by atoms with E-state index < -0.39 is 0 Å². The summed E-state index contributed by atoms with van der Waals surface area (Å²) in [7, 11) is 6.32. The number of nitrogens with zero attached hydrogens (tertiary/aromatic N) is 2. The SMILES string of the molecule is CC.CN(C)CCN(C)c1ccccc1. The minimum atomic E-state index is 1.07. The lowest BCUT2D eigenvalue weighted by atomic mass is 10.3. The first-order valence-electron chi connectivity index (χ1n) is 5.61. The Morgan fingerprint density at radius 3 is 1.87 bits per heavy atom. The number of likely N-dealkylation sites (N-methyl/N-ethyl adjacent to an activating group) is 2. The summed E-state index contributed by atoms with van der Waals surface area (Å²) in [5.74, 6) is 0. The topological polar surface area (TPSA) is 6.48 Å². The zero-order chi connectivity index (χ0) is 11.7. The van der Waals surface area contributed by atoms with Gasteiger partial charge in [0.05, 0.1) is 0 Å². The number of para-hydroxylation sites is 1. The molecule has 0 atom stereocenters. The van der Waals surface area contributed by atoms with Crippen LogP contribution < -0.4 is 4.90 Å². The second kappa shape index (κ2) is 8.30. The molecule has 1 aromatic carbocycles. The molecule has 0 heterocycles. The van der Waals surface area contributed by atoms with Crippen LogP contribution in [0.3, 0.4) is 0 Å². The highest BCUT2D eigenvalue weighted by atomic mass is 15.1. The summed E-state index contributed by atoms with van der Waals surface area (Å²) in [6.07, 6.45) is 0. The first kappa shape index (κ1) is 14.0. The summed E-state index contributed by atoms with van der Waals surface area (Å²) in [6, 6.07) is 10.5. The van der Waals surface area contributed by atoms with Gasteiger partial charge >= 0.3 is 0 Å². The zero-order valence-electron chi connectivity index (χ0n) is 10.7. The monoisotopic (exact) mass is 208 g/mol. The standard InChI is InChI=1S/C11H18N2.C2H6/c1-12(2)9-10-13(3)11-7-5-4-6-8-11;1-2/h4-8H,9-10H2,1-3H3;1-2H3. The molecule has 0 unspecified atom stereocenters. The van der Waals surface area contributed by atoms with Crippen molar-refractivity contribution >= 4 is 5.69 Å². The highest BCUT2D eigenvalue weighted by molar-refractivity contribution is 5.44. The molecule has 0 spiro atoms. The van der Waals surface area contributed by atoms with E-state index in [0.29, 0.717) is 0 Å². The lowest BCUT2D eigenvalue weighted by Gasteiger charge is -2.21. The van der Waals surface area contributed by atoms with E-state index in [1.807, 2.05) is 19.9 Å². The van der Waals surface area contributed by atoms with E-state index in [0.717, 1.165) is 13.1 Å². The van der Waals surface area contributed by atoms with Crippen LogP contribution in [-0.2, 0) is 0 Å². The summed E-state index contributed by atoms with van der Waals surface area (Å²) in [4.78, 5) is 4.46. The molecule has 0 fully saturated rings. The van der Waals surface area contributed by atoms with E-state index >= 15 is 0 Å². The Hall–Kier alpha value is -1.02. The molecule has 0 aliphatic heterocycles. The first-order chi connectivity index (χ1) is 7.20. The second-order valence-corrected chi connectivity index (χ2v) is 3.56. The Labute approximate surface area is 94.5 Å². The molecule has 0 amide bonds. The Balaban J connectivity index is 0.000000921. The van der Waals surface area contributed by atoms with Gasteiger partial charge in [-0.1, -0.05) is 32.0 Å². The Bertz CT molecular complexity index is 232. The molecule has 1 rings (SSSR count). The van der Waals surface area contributed by atoms with Crippen molar-refractivity contribution in [2.24, 2.45) is 0 Å². The lowest BCUT2D eigenvalue weighted by molar-refractivity contribution is 0.416. The van der Waals surface area contributed by atoms with Crippen LogP contribution in [0.4, 0.5) is 5.69 Å². The van der Waals surface area contributed by atoms with Crippen LogP contribution in [-0.4, -0.2) is 39.1 Å². The van der Waals surface area contributed by atoms with E-state index in [4.69, 9.17) is 0 Å². The quantitative estimate of drug-likeness (QED) is 0.750. The van der Waals surface area contributed by atoms with Crippen molar-refractivity contribution < 1.29 is 0 Å². The third-order valence-electron chi connectivity index (χ3n) is 2.08. The van der Waals surface area contributed by atoms with Crippen LogP contribution in [0.15, 0.2) is 30.3 Å². The maximum absolute atomic E-state index is 2.26. The van der Waals surface area contributed by atoms with Gasteiger partial charge in [-0.3, -0.25) is 0 Å². The van der Waals surface area contributed by atoms with Gasteiger partial charge in [0, 0.05) is 25.8 Å². The first-order valence-corrected chi connectivity index (χ1v) is 5.61. The van der Waals surface area contributed by atoms with Crippen LogP contribution in [0.1, 0.15) is 13.8 Å². The fourth-order valence-corrected chi connectivity index (χ4v) is 1.16. The van der Waals surface area contributed by atoms with E-state index in [9.17, 15) is 0 Å². The number of benzene rings is 1. The molecule has 0 radical (unpaired) electrons. The number of hydrogen-bond acceptors (Lipinski definition) is 2. The normalized spacial score (nSPS) is 9.47. The smallest absolute Gasteiger partial charge is 0.0364 e. The van der Waals surface area contributed by atoms with Gasteiger partial charge in [-0.25, -0.2) is 0 Å². The summed E-state index contributed by atoms with van der Waals surface area (Å²) in [5.41, 5.74) is 1.28. The molecular formula is C13H24N2. The minimum absolute atomic E-state index is 1.07. The van der Waals surface area contributed by atoms with Gasteiger partial charge < -0.3 is 9.80 Å². The highest BCUT2D eigenvalue weighted by Crippen LogP contribution is 2.09. The van der Waals surface area contributed by atoms with E-state index in [-0.39, 0.29) is 0 Å². The van der Waals surface area contributed by atoms with Crippen LogP contribution in [0.25, 0.3) is 0 Å². The molecule has 15 heavy (non-hydrogen) atoms. The fraction of sp³-hybridized carbons (Fsp3) is 0.538. The maximum atomic E-state index is 2.26. The molecule has 0 aliphatic carbocycles. The summed E-state index contributed by atoms with van der Waals surface area (Å²) in [5, 5.41) is 0. The molecule has 2 heteroatoms. The second-order valence-electron chi connectivity index (χ2n) is 3.56. The van der Waals surface area contributed by atoms with Gasteiger partial charge in [-0.15, -0.1) is 0 Å². The number of rotatable bonds is 4. The van der Waals surface area contributed by atoms with E-state index in [1.54, 1.807) is 0 Å². The molecule has 0 saturated heterocycles. The van der Waals surface area contributed by atoms with Gasteiger partial charge in [0.2, 0.25) is 0 Å². The number of hydrogen-bond donors (Lipinski definition) is 0. The largest absolute Gasteiger partial charge is 0.373 e.